The quantitative estimate of drug-likeness (QED) is 0.221. The van der Waals surface area contributed by atoms with E-state index in [1.54, 1.807) is 39.0 Å². The average Bonchev–Trinajstić information content (AvgIpc) is 3.45. The zero-order chi connectivity index (χ0) is 27.4. The predicted molar refractivity (Wildman–Crippen MR) is 150 cm³/mol. The number of carbonyl (C=O) groups excluding carboxylic acids is 2. The monoisotopic (exact) mass is 546 g/mol. The molecule has 0 aliphatic carbocycles. The van der Waals surface area contributed by atoms with Crippen LogP contribution < -0.4 is 5.73 Å². The van der Waals surface area contributed by atoms with E-state index in [-0.39, 0.29) is 22.8 Å². The van der Waals surface area contributed by atoms with Crippen LogP contribution in [0.15, 0.2) is 59.1 Å². The van der Waals surface area contributed by atoms with E-state index in [0.717, 1.165) is 22.4 Å². The largest absolute Gasteiger partial charge is 0.434 e. The maximum atomic E-state index is 13.2. The van der Waals surface area contributed by atoms with Crippen molar-refractivity contribution in [2.24, 2.45) is 11.1 Å². The molecule has 0 bridgehead atoms. The highest BCUT2D eigenvalue weighted by atomic mass is 35.5. The fourth-order valence-electron chi connectivity index (χ4n) is 4.35. The van der Waals surface area contributed by atoms with Crippen molar-refractivity contribution < 1.29 is 14.0 Å². The van der Waals surface area contributed by atoms with Crippen molar-refractivity contribution in [1.29, 1.82) is 0 Å². The van der Waals surface area contributed by atoms with E-state index in [1.807, 2.05) is 43.5 Å². The number of halogens is 2. The number of fused-ring (bicyclic) bond motifs is 1. The van der Waals surface area contributed by atoms with Crippen LogP contribution in [-0.4, -0.2) is 26.9 Å². The molecule has 0 radical (unpaired) electrons. The molecule has 2 aromatic carbocycles. The van der Waals surface area contributed by atoms with Gasteiger partial charge in [0.25, 0.3) is 5.91 Å². The van der Waals surface area contributed by atoms with Gasteiger partial charge in [-0.15, -0.1) is 0 Å². The number of pyridine rings is 1. The van der Waals surface area contributed by atoms with Gasteiger partial charge in [0, 0.05) is 33.3 Å². The first-order chi connectivity index (χ1) is 18.0. The minimum absolute atomic E-state index is 0.00562. The van der Waals surface area contributed by atoms with Gasteiger partial charge in [-0.1, -0.05) is 68.2 Å². The zero-order valence-corrected chi connectivity index (χ0v) is 22.7. The number of nitrogens with zero attached hydrogens (tertiary/aromatic N) is 2. The van der Waals surface area contributed by atoms with Crippen molar-refractivity contribution in [3.05, 3.63) is 81.8 Å². The van der Waals surface area contributed by atoms with Crippen LogP contribution in [0, 0.1) is 12.3 Å². The first kappa shape index (κ1) is 25.7. The lowest BCUT2D eigenvalue weighted by molar-refractivity contribution is 0.0822. The van der Waals surface area contributed by atoms with E-state index in [1.165, 1.54) is 0 Å². The first-order valence-electron chi connectivity index (χ1n) is 11.8. The molecule has 192 valence electrons. The number of H-pyrrole nitrogens is 1. The smallest absolute Gasteiger partial charge is 0.253 e. The molecule has 5 rings (SSSR count). The molecular weight excluding hydrogens is 523 g/mol. The summed E-state index contributed by atoms with van der Waals surface area (Å²) in [4.78, 5) is 30.5. The molecule has 0 aliphatic rings. The number of ketones is 1. The maximum absolute atomic E-state index is 13.2. The van der Waals surface area contributed by atoms with Crippen molar-refractivity contribution in [3.63, 3.8) is 0 Å². The second-order valence-electron chi connectivity index (χ2n) is 10.1. The summed E-state index contributed by atoms with van der Waals surface area (Å²) in [6, 6.07) is 14.6. The summed E-state index contributed by atoms with van der Waals surface area (Å²) in [5.41, 5.74) is 10.3. The van der Waals surface area contributed by atoms with Crippen LogP contribution in [-0.2, 0) is 0 Å². The Morgan fingerprint density at radius 2 is 1.63 bits per heavy atom. The third-order valence-corrected chi connectivity index (χ3v) is 6.90. The summed E-state index contributed by atoms with van der Waals surface area (Å²) >= 11 is 13.0. The highest BCUT2D eigenvalue weighted by Crippen LogP contribution is 2.41. The topological polar surface area (TPSA) is 115 Å². The standard InChI is InChI=1S/C29H24Cl2N4O3/c1-14-21(13-33-35-14)16-7-10-18(22(31)11-16)24-19(15-5-8-17(30)9-6-15)12-20-23(27(32)37)25(38-28(20)34-24)26(36)29(2,3)4/h5-13H,1-4H3,(H2,32,37)(H,33,35). The van der Waals surface area contributed by atoms with Crippen molar-refractivity contribution in [3.8, 4) is 33.5 Å². The Balaban J connectivity index is 1.79. The number of nitrogens with one attached hydrogen (secondary N) is 1. The van der Waals surface area contributed by atoms with Gasteiger partial charge in [0.1, 0.15) is 0 Å². The average molecular weight is 547 g/mol. The molecule has 9 heteroatoms. The van der Waals surface area contributed by atoms with E-state index >= 15 is 0 Å². The SMILES string of the molecule is Cc1n[nH]cc1-c1ccc(-c2nc3oc(C(=O)C(C)(C)C)c(C(N)=O)c3cc2-c2ccc(Cl)cc2)c(Cl)c1. The molecule has 0 atom stereocenters. The van der Waals surface area contributed by atoms with E-state index in [4.69, 9.17) is 38.3 Å². The molecule has 3 heterocycles. The summed E-state index contributed by atoms with van der Waals surface area (Å²) in [5, 5.41) is 8.42. The Bertz CT molecular complexity index is 1730. The highest BCUT2D eigenvalue weighted by Gasteiger charge is 2.33. The van der Waals surface area contributed by atoms with Crippen LogP contribution in [0.2, 0.25) is 10.0 Å². The van der Waals surface area contributed by atoms with Crippen molar-refractivity contribution >= 4 is 46.0 Å². The number of Topliss-reactive ketones (excluding diaryl/α,β-unsaturated/α-hetero) is 1. The number of primary amides is 1. The van der Waals surface area contributed by atoms with Gasteiger partial charge in [-0.3, -0.25) is 14.7 Å². The number of hydrogen-bond acceptors (Lipinski definition) is 5. The molecule has 0 aliphatic heterocycles. The summed E-state index contributed by atoms with van der Waals surface area (Å²) < 4.78 is 5.92. The first-order valence-corrected chi connectivity index (χ1v) is 12.6. The second-order valence-corrected chi connectivity index (χ2v) is 10.9. The van der Waals surface area contributed by atoms with Gasteiger partial charge >= 0.3 is 0 Å². The van der Waals surface area contributed by atoms with Gasteiger partial charge in [0.05, 0.1) is 27.4 Å². The number of benzene rings is 2. The molecule has 0 saturated carbocycles. The van der Waals surface area contributed by atoms with E-state index in [2.05, 4.69) is 10.2 Å². The van der Waals surface area contributed by atoms with Gasteiger partial charge in [-0.2, -0.15) is 5.10 Å². The fraction of sp³-hybridized carbons (Fsp3) is 0.172. The lowest BCUT2D eigenvalue weighted by Crippen LogP contribution is -2.23. The fourth-order valence-corrected chi connectivity index (χ4v) is 4.74. The highest BCUT2D eigenvalue weighted by molar-refractivity contribution is 6.34. The second kappa shape index (κ2) is 9.42. The van der Waals surface area contributed by atoms with Gasteiger partial charge < -0.3 is 10.2 Å². The summed E-state index contributed by atoms with van der Waals surface area (Å²) in [7, 11) is 0. The molecule has 7 nitrogen and oxygen atoms in total. The summed E-state index contributed by atoms with van der Waals surface area (Å²) in [6.45, 7) is 7.14. The van der Waals surface area contributed by atoms with Crippen molar-refractivity contribution in [1.82, 2.24) is 15.2 Å². The van der Waals surface area contributed by atoms with Crippen LogP contribution in [0.25, 0.3) is 44.6 Å². The molecule has 0 saturated heterocycles. The van der Waals surface area contributed by atoms with E-state index in [9.17, 15) is 9.59 Å². The Kier molecular flexibility index (Phi) is 6.37. The minimum Gasteiger partial charge on any atom is -0.434 e. The Labute approximate surface area is 229 Å². The van der Waals surface area contributed by atoms with Crippen LogP contribution in [0.3, 0.4) is 0 Å². The van der Waals surface area contributed by atoms with Gasteiger partial charge in [-0.25, -0.2) is 4.98 Å². The number of hydrogen-bond donors (Lipinski definition) is 2. The van der Waals surface area contributed by atoms with Crippen LogP contribution in [0.4, 0.5) is 0 Å². The molecule has 0 fully saturated rings. The molecule has 3 N–H and O–H groups in total. The molecule has 1 amide bonds. The number of aryl methyl sites for hydroxylation is 1. The number of amides is 1. The van der Waals surface area contributed by atoms with Gasteiger partial charge in [0.15, 0.2) is 5.76 Å². The number of aromatic amines is 1. The normalized spacial score (nSPS) is 11.7. The lowest BCUT2D eigenvalue weighted by Gasteiger charge is -2.14. The lowest BCUT2D eigenvalue weighted by atomic mass is 9.87. The zero-order valence-electron chi connectivity index (χ0n) is 21.1. The van der Waals surface area contributed by atoms with Crippen molar-refractivity contribution in [2.45, 2.75) is 27.7 Å². The third-order valence-electron chi connectivity index (χ3n) is 6.34. The molecule has 3 aromatic heterocycles. The summed E-state index contributed by atoms with van der Waals surface area (Å²) in [6.07, 6.45) is 1.81. The molecular formula is C29H24Cl2N4O3. The van der Waals surface area contributed by atoms with Gasteiger partial charge in [0.2, 0.25) is 11.5 Å². The molecule has 0 unspecified atom stereocenters. The van der Waals surface area contributed by atoms with Crippen molar-refractivity contribution in [2.75, 3.05) is 0 Å². The van der Waals surface area contributed by atoms with Crippen LogP contribution in [0.5, 0.6) is 0 Å². The number of aromatic nitrogens is 3. The Morgan fingerprint density at radius 1 is 0.947 bits per heavy atom. The predicted octanol–water partition coefficient (Wildman–Crippen LogP) is 7.49. The third kappa shape index (κ3) is 4.48. The maximum Gasteiger partial charge on any atom is 0.253 e. The van der Waals surface area contributed by atoms with Crippen LogP contribution >= 0.6 is 23.2 Å². The van der Waals surface area contributed by atoms with E-state index < -0.39 is 11.3 Å². The molecule has 0 spiro atoms. The Hall–Kier alpha value is -3.94. The number of rotatable bonds is 5. The van der Waals surface area contributed by atoms with E-state index in [0.29, 0.717) is 32.3 Å². The van der Waals surface area contributed by atoms with Crippen LogP contribution in [0.1, 0.15) is 47.4 Å². The summed E-state index contributed by atoms with van der Waals surface area (Å²) in [5.74, 6) is -1.23. The molecule has 5 aromatic rings. The van der Waals surface area contributed by atoms with Gasteiger partial charge in [-0.05, 0) is 42.3 Å². The Morgan fingerprint density at radius 3 is 2.21 bits per heavy atom. The number of furan rings is 1. The minimum atomic E-state index is -0.801. The number of carbonyl (C=O) groups is 2. The molecule has 38 heavy (non-hydrogen) atoms. The number of nitrogens with two attached hydrogens (primary N) is 1.